The van der Waals surface area contributed by atoms with Gasteiger partial charge in [-0.15, -0.1) is 17.5 Å². The Morgan fingerprint density at radius 1 is 1.09 bits per heavy atom. The number of amides is 1. The maximum absolute atomic E-state index is 12.6. The Bertz CT molecular complexity index is 1060. The van der Waals surface area contributed by atoms with Crippen LogP contribution in [0.25, 0.3) is 0 Å². The molecule has 0 spiro atoms. The maximum atomic E-state index is 12.6. The number of benzene rings is 2. The van der Waals surface area contributed by atoms with Gasteiger partial charge in [0.05, 0.1) is 6.42 Å². The summed E-state index contributed by atoms with van der Waals surface area (Å²) in [5, 5.41) is 23.3. The number of hydrogen-bond donors (Lipinski definition) is 2. The van der Waals surface area contributed by atoms with Gasteiger partial charge in [-0.25, -0.2) is 4.79 Å². The van der Waals surface area contributed by atoms with Crippen molar-refractivity contribution in [2.45, 2.75) is 25.6 Å². The third-order valence-electron chi connectivity index (χ3n) is 4.46. The summed E-state index contributed by atoms with van der Waals surface area (Å²) < 4.78 is 5.07. The van der Waals surface area contributed by atoms with Crippen LogP contribution in [0.1, 0.15) is 12.0 Å². The quantitative estimate of drug-likeness (QED) is 0.452. The first kappa shape index (κ1) is 25.3. The number of nitrogens with one attached hydrogen (secondary N) is 1. The molecule has 12 heteroatoms. The van der Waals surface area contributed by atoms with Crippen molar-refractivity contribution in [3.63, 3.8) is 0 Å². The number of ketones is 1. The fourth-order valence-electron chi connectivity index (χ4n) is 2.78. The van der Waals surface area contributed by atoms with Crippen molar-refractivity contribution in [1.82, 2.24) is 25.5 Å². The number of carbonyl (C=O) groups excluding carboxylic acids is 2. The van der Waals surface area contributed by atoms with E-state index >= 15 is 0 Å². The van der Waals surface area contributed by atoms with Gasteiger partial charge in [0.15, 0.2) is 5.78 Å². The van der Waals surface area contributed by atoms with E-state index in [1.807, 2.05) is 36.4 Å². The molecule has 1 unspecified atom stereocenters. The highest BCUT2D eigenvalue weighted by Crippen LogP contribution is 2.18. The minimum absolute atomic E-state index is 0. The summed E-state index contributed by atoms with van der Waals surface area (Å²) in [5.41, 5.74) is 1.58. The Morgan fingerprint density at radius 3 is 2.36 bits per heavy atom. The molecule has 0 fully saturated rings. The lowest BCUT2D eigenvalue weighted by Crippen LogP contribution is -2.44. The average molecular weight is 475 g/mol. The van der Waals surface area contributed by atoms with Crippen LogP contribution in [0, 0.1) is 0 Å². The number of nitrogens with zero attached hydrogens (tertiary/aromatic N) is 5. The van der Waals surface area contributed by atoms with E-state index in [-0.39, 0.29) is 31.5 Å². The number of alkyl carbamates (subject to hydrolysis) is 1. The average Bonchev–Trinajstić information content (AvgIpc) is 3.26. The van der Waals surface area contributed by atoms with Crippen LogP contribution >= 0.6 is 12.4 Å². The largest absolute Gasteiger partial charge is 0.481 e. The van der Waals surface area contributed by atoms with E-state index in [4.69, 9.17) is 9.84 Å². The van der Waals surface area contributed by atoms with Crippen molar-refractivity contribution in [2.24, 2.45) is 0 Å². The van der Waals surface area contributed by atoms with Crippen molar-refractivity contribution in [3.8, 4) is 0 Å². The van der Waals surface area contributed by atoms with Gasteiger partial charge < -0.3 is 20.1 Å². The van der Waals surface area contributed by atoms with Crippen molar-refractivity contribution in [3.05, 3.63) is 66.2 Å². The Balaban J connectivity index is 0.00000385. The van der Waals surface area contributed by atoms with Crippen LogP contribution in [-0.2, 0) is 27.5 Å². The Hall–Kier alpha value is -3.99. The van der Waals surface area contributed by atoms with Gasteiger partial charge >= 0.3 is 12.1 Å². The molecule has 0 aliphatic rings. The molecule has 0 aliphatic carbocycles. The number of ether oxygens (including phenoxy) is 1. The predicted octanol–water partition coefficient (Wildman–Crippen LogP) is 2.20. The van der Waals surface area contributed by atoms with Crippen LogP contribution in [0.3, 0.4) is 0 Å². The van der Waals surface area contributed by atoms with Crippen LogP contribution < -0.4 is 10.2 Å². The van der Waals surface area contributed by atoms with E-state index in [9.17, 15) is 14.4 Å². The summed E-state index contributed by atoms with van der Waals surface area (Å²) >= 11 is 0. The minimum atomic E-state index is -1.31. The fourth-order valence-corrected chi connectivity index (χ4v) is 2.78. The SMILES string of the molecule is CN(c1ccccc1)c1nnn(CC(=O)C(CC(=O)O)NC(=O)OCc2ccccc2)n1.Cl. The lowest BCUT2D eigenvalue weighted by molar-refractivity contribution is -0.139. The van der Waals surface area contributed by atoms with Gasteiger partial charge in [-0.05, 0) is 22.9 Å². The lowest BCUT2D eigenvalue weighted by atomic mass is 10.1. The number of aliphatic carboxylic acids is 1. The van der Waals surface area contributed by atoms with Crippen LogP contribution in [0.15, 0.2) is 60.7 Å². The third-order valence-corrected chi connectivity index (χ3v) is 4.46. The van der Waals surface area contributed by atoms with Crippen LogP contribution in [-0.4, -0.2) is 56.2 Å². The zero-order valence-corrected chi connectivity index (χ0v) is 18.5. The number of rotatable bonds is 10. The highest BCUT2D eigenvalue weighted by atomic mass is 35.5. The minimum Gasteiger partial charge on any atom is -0.481 e. The molecule has 1 aromatic heterocycles. The first-order valence-corrected chi connectivity index (χ1v) is 9.70. The van der Waals surface area contributed by atoms with E-state index in [0.717, 1.165) is 16.0 Å². The number of aromatic nitrogens is 4. The Labute approximate surface area is 195 Å². The van der Waals surface area contributed by atoms with Gasteiger partial charge in [-0.3, -0.25) is 9.59 Å². The molecule has 1 heterocycles. The summed E-state index contributed by atoms with van der Waals surface area (Å²) in [6.45, 7) is -0.382. The number of carboxylic acid groups (broad SMARTS) is 1. The molecule has 3 aromatic rings. The predicted molar refractivity (Wildman–Crippen MR) is 120 cm³/mol. The van der Waals surface area contributed by atoms with Crippen LogP contribution in [0.2, 0.25) is 0 Å². The molecule has 0 saturated heterocycles. The maximum Gasteiger partial charge on any atom is 0.408 e. The highest BCUT2D eigenvalue weighted by molar-refractivity contribution is 5.90. The fraction of sp³-hybridized carbons (Fsp3) is 0.238. The van der Waals surface area contributed by atoms with Crippen LogP contribution in [0.5, 0.6) is 0 Å². The molecule has 11 nitrogen and oxygen atoms in total. The van der Waals surface area contributed by atoms with Gasteiger partial charge in [-0.1, -0.05) is 53.6 Å². The lowest BCUT2D eigenvalue weighted by Gasteiger charge is -2.16. The van der Waals surface area contributed by atoms with Crippen molar-refractivity contribution >= 4 is 41.9 Å². The molecule has 174 valence electrons. The van der Waals surface area contributed by atoms with Crippen molar-refractivity contribution < 1.29 is 24.2 Å². The highest BCUT2D eigenvalue weighted by Gasteiger charge is 2.25. The van der Waals surface area contributed by atoms with E-state index in [2.05, 4.69) is 20.7 Å². The molecule has 3 rings (SSSR count). The molecule has 0 saturated carbocycles. The normalized spacial score (nSPS) is 11.1. The molecule has 2 N–H and O–H groups in total. The number of Topliss-reactive ketones (excluding diaryl/α,β-unsaturated/α-hetero) is 1. The van der Waals surface area contributed by atoms with Gasteiger partial charge in [0.1, 0.15) is 19.2 Å². The molecule has 33 heavy (non-hydrogen) atoms. The third kappa shape index (κ3) is 7.58. The Morgan fingerprint density at radius 2 is 1.73 bits per heavy atom. The van der Waals surface area contributed by atoms with Crippen molar-refractivity contribution in [2.75, 3.05) is 11.9 Å². The molecule has 2 aromatic carbocycles. The zero-order chi connectivity index (χ0) is 22.9. The smallest absolute Gasteiger partial charge is 0.408 e. The van der Waals surface area contributed by atoms with E-state index in [1.54, 1.807) is 36.2 Å². The molecule has 0 radical (unpaired) electrons. The molecule has 1 atom stereocenters. The number of carbonyl (C=O) groups is 3. The monoisotopic (exact) mass is 474 g/mol. The second-order valence-corrected chi connectivity index (χ2v) is 6.84. The number of para-hydroxylation sites is 1. The molecule has 1 amide bonds. The summed E-state index contributed by atoms with van der Waals surface area (Å²) in [4.78, 5) is 38.6. The molecular weight excluding hydrogens is 452 g/mol. The number of carboxylic acids is 1. The van der Waals surface area contributed by atoms with Gasteiger partial charge in [0.25, 0.3) is 5.95 Å². The van der Waals surface area contributed by atoms with E-state index < -0.39 is 30.3 Å². The van der Waals surface area contributed by atoms with E-state index in [0.29, 0.717) is 0 Å². The van der Waals surface area contributed by atoms with Crippen molar-refractivity contribution in [1.29, 1.82) is 0 Å². The number of halogens is 1. The van der Waals surface area contributed by atoms with Crippen LogP contribution in [0.4, 0.5) is 16.4 Å². The number of anilines is 2. The first-order chi connectivity index (χ1) is 15.4. The second kappa shape index (κ2) is 12.2. The van der Waals surface area contributed by atoms with Gasteiger partial charge in [-0.2, -0.15) is 4.80 Å². The zero-order valence-electron chi connectivity index (χ0n) is 17.7. The van der Waals surface area contributed by atoms with Gasteiger partial charge in [0.2, 0.25) is 0 Å². The number of tetrazole rings is 1. The standard InChI is InChI=1S/C21H22N6O5.ClH/c1-26(16-10-6-3-7-11-16)20-23-25-27(24-20)13-18(28)17(12-19(29)30)22-21(31)32-14-15-8-4-2-5-9-15;/h2-11,17H,12-14H2,1H3,(H,22,31)(H,29,30);1H. The summed E-state index contributed by atoms with van der Waals surface area (Å²) in [6.07, 6.45) is -1.51. The topological polar surface area (TPSA) is 140 Å². The van der Waals surface area contributed by atoms with Gasteiger partial charge in [0, 0.05) is 12.7 Å². The molecule has 0 bridgehead atoms. The second-order valence-electron chi connectivity index (χ2n) is 6.84. The molecular formula is C21H23ClN6O5. The summed E-state index contributed by atoms with van der Waals surface area (Å²) in [7, 11) is 1.75. The number of hydrogen-bond acceptors (Lipinski definition) is 8. The Kier molecular flexibility index (Phi) is 9.30. The van der Waals surface area contributed by atoms with E-state index in [1.165, 1.54) is 0 Å². The summed E-state index contributed by atoms with van der Waals surface area (Å²) in [6, 6.07) is 17.0. The first-order valence-electron chi connectivity index (χ1n) is 9.70. The molecule has 0 aliphatic heterocycles. The summed E-state index contributed by atoms with van der Waals surface area (Å²) in [5.74, 6) is -1.59.